The molecule has 0 fully saturated rings. The average molecular weight is 251 g/mol. The minimum atomic E-state index is -2.76. The standard InChI is InChI=1S/C9H21NO5Si/c1-6-8(7-10(2)9(11)12)16(13-3,14-4)15-5/h8H,6-7H2,1-5H3,(H,11,12). The lowest BCUT2D eigenvalue weighted by molar-refractivity contribution is 0.101. The van der Waals surface area contributed by atoms with Gasteiger partial charge in [-0.15, -0.1) is 0 Å². The van der Waals surface area contributed by atoms with E-state index >= 15 is 0 Å². The number of hydrogen-bond acceptors (Lipinski definition) is 4. The second-order valence-corrected chi connectivity index (χ2v) is 6.73. The summed E-state index contributed by atoms with van der Waals surface area (Å²) in [4.78, 5) is 12.0. The van der Waals surface area contributed by atoms with Crippen LogP contribution in [0.1, 0.15) is 13.3 Å². The normalized spacial score (nSPS) is 13.6. The van der Waals surface area contributed by atoms with Crippen molar-refractivity contribution >= 4 is 14.9 Å². The van der Waals surface area contributed by atoms with E-state index in [0.717, 1.165) is 6.42 Å². The van der Waals surface area contributed by atoms with Crippen LogP contribution in [0.4, 0.5) is 4.79 Å². The predicted octanol–water partition coefficient (Wildman–Crippen LogP) is 1.25. The first kappa shape index (κ1) is 15.4. The topological polar surface area (TPSA) is 68.2 Å². The summed E-state index contributed by atoms with van der Waals surface area (Å²) in [6.07, 6.45) is -0.232. The zero-order valence-corrected chi connectivity index (χ0v) is 11.5. The van der Waals surface area contributed by atoms with E-state index in [4.69, 9.17) is 18.4 Å². The fraction of sp³-hybridized carbons (Fsp3) is 0.889. The molecule has 1 amide bonds. The number of nitrogens with zero attached hydrogens (tertiary/aromatic N) is 1. The Morgan fingerprint density at radius 1 is 1.31 bits per heavy atom. The molecule has 1 unspecified atom stereocenters. The van der Waals surface area contributed by atoms with Crippen molar-refractivity contribution in [1.82, 2.24) is 4.90 Å². The maximum atomic E-state index is 10.8. The number of carbonyl (C=O) groups is 1. The van der Waals surface area contributed by atoms with Crippen LogP contribution in [0.15, 0.2) is 0 Å². The number of rotatable bonds is 7. The van der Waals surface area contributed by atoms with Gasteiger partial charge in [0.25, 0.3) is 0 Å². The first-order chi connectivity index (χ1) is 7.47. The van der Waals surface area contributed by atoms with Gasteiger partial charge in [-0.1, -0.05) is 6.92 Å². The molecule has 7 heteroatoms. The molecule has 0 rings (SSSR count). The Morgan fingerprint density at radius 2 is 1.75 bits per heavy atom. The van der Waals surface area contributed by atoms with E-state index in [1.807, 2.05) is 6.92 Å². The fourth-order valence-corrected chi connectivity index (χ4v) is 4.15. The molecule has 0 aliphatic rings. The van der Waals surface area contributed by atoms with Gasteiger partial charge in [-0.25, -0.2) is 4.79 Å². The van der Waals surface area contributed by atoms with Crippen molar-refractivity contribution < 1.29 is 23.2 Å². The van der Waals surface area contributed by atoms with Gasteiger partial charge in [-0.3, -0.25) is 0 Å². The van der Waals surface area contributed by atoms with E-state index in [1.165, 1.54) is 33.3 Å². The molecule has 1 N–H and O–H groups in total. The van der Waals surface area contributed by atoms with Crippen molar-refractivity contribution in [3.63, 3.8) is 0 Å². The van der Waals surface area contributed by atoms with Crippen LogP contribution in [0.2, 0.25) is 5.54 Å². The number of amides is 1. The summed E-state index contributed by atoms with van der Waals surface area (Å²) in [5.41, 5.74) is -0.0615. The molecule has 6 nitrogen and oxygen atoms in total. The molecule has 0 aromatic rings. The summed E-state index contributed by atoms with van der Waals surface area (Å²) in [7, 11) is 3.35. The summed E-state index contributed by atoms with van der Waals surface area (Å²) in [6, 6.07) is 0. The minimum Gasteiger partial charge on any atom is -0.465 e. The van der Waals surface area contributed by atoms with Gasteiger partial charge in [0.2, 0.25) is 0 Å². The van der Waals surface area contributed by atoms with Gasteiger partial charge in [0.1, 0.15) is 0 Å². The van der Waals surface area contributed by atoms with Gasteiger partial charge in [-0.05, 0) is 6.42 Å². The maximum absolute atomic E-state index is 10.8. The van der Waals surface area contributed by atoms with E-state index < -0.39 is 14.9 Å². The molecule has 16 heavy (non-hydrogen) atoms. The van der Waals surface area contributed by atoms with Gasteiger partial charge in [-0.2, -0.15) is 0 Å². The van der Waals surface area contributed by atoms with E-state index in [-0.39, 0.29) is 5.54 Å². The van der Waals surface area contributed by atoms with Gasteiger partial charge >= 0.3 is 14.9 Å². The van der Waals surface area contributed by atoms with Crippen LogP contribution in [0.3, 0.4) is 0 Å². The molecular weight excluding hydrogens is 230 g/mol. The second kappa shape index (κ2) is 6.84. The highest BCUT2D eigenvalue weighted by atomic mass is 28.4. The van der Waals surface area contributed by atoms with E-state index in [1.54, 1.807) is 0 Å². The smallest absolute Gasteiger partial charge is 0.465 e. The molecule has 0 bridgehead atoms. The van der Waals surface area contributed by atoms with Crippen LogP contribution < -0.4 is 0 Å². The van der Waals surface area contributed by atoms with Crippen molar-refractivity contribution in [2.24, 2.45) is 0 Å². The third kappa shape index (κ3) is 3.44. The third-order valence-electron chi connectivity index (χ3n) is 2.67. The monoisotopic (exact) mass is 251 g/mol. The molecular formula is C9H21NO5Si. The van der Waals surface area contributed by atoms with Crippen LogP contribution in [0, 0.1) is 0 Å². The van der Waals surface area contributed by atoms with E-state index in [9.17, 15) is 4.79 Å². The lowest BCUT2D eigenvalue weighted by atomic mass is 10.3. The Balaban J connectivity index is 4.74. The van der Waals surface area contributed by atoms with Gasteiger partial charge in [0.15, 0.2) is 0 Å². The van der Waals surface area contributed by atoms with Crippen LogP contribution in [-0.4, -0.2) is 59.8 Å². The second-order valence-electron chi connectivity index (χ2n) is 3.48. The summed E-state index contributed by atoms with van der Waals surface area (Å²) in [6.45, 7) is 2.30. The van der Waals surface area contributed by atoms with Crippen molar-refractivity contribution in [3.05, 3.63) is 0 Å². The van der Waals surface area contributed by atoms with Crippen molar-refractivity contribution in [1.29, 1.82) is 0 Å². The van der Waals surface area contributed by atoms with Crippen LogP contribution >= 0.6 is 0 Å². The number of carboxylic acid groups (broad SMARTS) is 1. The molecule has 0 heterocycles. The molecule has 0 radical (unpaired) electrons. The summed E-state index contributed by atoms with van der Waals surface area (Å²) >= 11 is 0. The van der Waals surface area contributed by atoms with Crippen molar-refractivity contribution in [2.75, 3.05) is 34.9 Å². The van der Waals surface area contributed by atoms with E-state index in [2.05, 4.69) is 0 Å². The van der Waals surface area contributed by atoms with Crippen molar-refractivity contribution in [2.45, 2.75) is 18.9 Å². The summed E-state index contributed by atoms with van der Waals surface area (Å²) in [5, 5.41) is 8.83. The Morgan fingerprint density at radius 3 is 2.00 bits per heavy atom. The predicted molar refractivity (Wildman–Crippen MR) is 61.5 cm³/mol. The van der Waals surface area contributed by atoms with Gasteiger partial charge in [0.05, 0.1) is 0 Å². The zero-order valence-electron chi connectivity index (χ0n) is 10.5. The first-order valence-electron chi connectivity index (χ1n) is 5.06. The lowest BCUT2D eigenvalue weighted by Gasteiger charge is -2.33. The fourth-order valence-electron chi connectivity index (χ4n) is 1.65. The first-order valence-corrected chi connectivity index (χ1v) is 6.87. The van der Waals surface area contributed by atoms with Crippen LogP contribution in [0.5, 0.6) is 0 Å². The highest BCUT2D eigenvalue weighted by Crippen LogP contribution is 2.28. The van der Waals surface area contributed by atoms with Crippen LogP contribution in [-0.2, 0) is 13.3 Å². The third-order valence-corrected chi connectivity index (χ3v) is 5.97. The van der Waals surface area contributed by atoms with Crippen LogP contribution in [0.25, 0.3) is 0 Å². The Kier molecular flexibility index (Phi) is 6.57. The minimum absolute atomic E-state index is 0.0615. The molecule has 0 aromatic heterocycles. The largest absolute Gasteiger partial charge is 0.505 e. The quantitative estimate of drug-likeness (QED) is 0.690. The molecule has 0 aromatic carbocycles. The Labute approximate surface area is 97.5 Å². The molecule has 96 valence electrons. The lowest BCUT2D eigenvalue weighted by Crippen LogP contribution is -2.51. The summed E-state index contributed by atoms with van der Waals surface area (Å²) < 4.78 is 16.0. The highest BCUT2D eigenvalue weighted by molar-refractivity contribution is 6.62. The maximum Gasteiger partial charge on any atom is 0.505 e. The highest BCUT2D eigenvalue weighted by Gasteiger charge is 2.47. The summed E-state index contributed by atoms with van der Waals surface area (Å²) in [5.74, 6) is 0. The molecule has 0 saturated heterocycles. The Bertz CT molecular complexity index is 214. The SMILES string of the molecule is CCC(CN(C)C(=O)O)[Si](OC)(OC)OC. The molecule has 0 aliphatic carbocycles. The Hall–Kier alpha value is -0.633. The van der Waals surface area contributed by atoms with Gasteiger partial charge < -0.3 is 23.3 Å². The van der Waals surface area contributed by atoms with E-state index in [0.29, 0.717) is 6.54 Å². The average Bonchev–Trinajstić information content (AvgIpc) is 2.29. The molecule has 0 aliphatic heterocycles. The molecule has 0 spiro atoms. The van der Waals surface area contributed by atoms with Gasteiger partial charge in [0, 0.05) is 40.5 Å². The zero-order chi connectivity index (χ0) is 12.8. The molecule has 1 atom stereocenters. The van der Waals surface area contributed by atoms with Crippen molar-refractivity contribution in [3.8, 4) is 0 Å². The molecule has 0 saturated carbocycles. The number of hydrogen-bond donors (Lipinski definition) is 1.